The lowest BCUT2D eigenvalue weighted by Crippen LogP contribution is -2.18. The molecule has 2 rings (SSSR count). The molecule has 0 fully saturated rings. The van der Waals surface area contributed by atoms with Gasteiger partial charge < -0.3 is 15.7 Å². The van der Waals surface area contributed by atoms with Crippen LogP contribution in [0, 0.1) is 13.8 Å². The first kappa shape index (κ1) is 14.8. The fourth-order valence-electron chi connectivity index (χ4n) is 2.06. The highest BCUT2D eigenvalue weighted by Gasteiger charge is 2.07. The van der Waals surface area contributed by atoms with E-state index in [1.165, 1.54) is 0 Å². The Bertz CT molecular complexity index is 669. The average Bonchev–Trinajstić information content (AvgIpc) is 2.48. The van der Waals surface area contributed by atoms with Gasteiger partial charge in [-0.3, -0.25) is 9.78 Å². The fraction of sp³-hybridized carbons (Fsp3) is 0.250. The van der Waals surface area contributed by atoms with Crippen molar-refractivity contribution in [1.29, 1.82) is 0 Å². The fourth-order valence-corrected chi connectivity index (χ4v) is 2.06. The first-order valence-corrected chi connectivity index (χ1v) is 6.73. The quantitative estimate of drug-likeness (QED) is 0.806. The first-order chi connectivity index (χ1) is 10.0. The van der Waals surface area contributed by atoms with E-state index in [9.17, 15) is 9.90 Å². The number of amides is 1. The van der Waals surface area contributed by atoms with Crippen LogP contribution in [0.5, 0.6) is 5.75 Å². The largest absolute Gasteiger partial charge is 0.506 e. The van der Waals surface area contributed by atoms with Gasteiger partial charge in [0.2, 0.25) is 0 Å². The molecule has 1 aromatic carbocycles. The molecule has 0 aliphatic rings. The van der Waals surface area contributed by atoms with E-state index in [0.717, 1.165) is 16.9 Å². The molecule has 0 atom stereocenters. The summed E-state index contributed by atoms with van der Waals surface area (Å²) in [5, 5.41) is 15.6. The van der Waals surface area contributed by atoms with E-state index in [1.807, 2.05) is 26.0 Å². The smallest absolute Gasteiger partial charge is 0.251 e. The maximum absolute atomic E-state index is 11.6. The monoisotopic (exact) mass is 285 g/mol. The van der Waals surface area contributed by atoms with Gasteiger partial charge in [0.15, 0.2) is 0 Å². The molecule has 1 aromatic heterocycles. The number of carbonyl (C=O) groups is 1. The molecule has 2 aromatic rings. The van der Waals surface area contributed by atoms with Crippen LogP contribution >= 0.6 is 0 Å². The third-order valence-electron chi connectivity index (χ3n) is 3.25. The molecule has 0 saturated heterocycles. The Kier molecular flexibility index (Phi) is 4.42. The number of carbonyl (C=O) groups excluding carboxylic acids is 1. The predicted octanol–water partition coefficient (Wildman–Crippen LogP) is 2.38. The average molecular weight is 285 g/mol. The molecule has 5 heteroatoms. The third-order valence-corrected chi connectivity index (χ3v) is 3.25. The zero-order chi connectivity index (χ0) is 15.4. The molecule has 1 heterocycles. The number of anilines is 1. The molecule has 0 bridgehead atoms. The summed E-state index contributed by atoms with van der Waals surface area (Å²) in [5.74, 6) is 0.0652. The van der Waals surface area contributed by atoms with Crippen molar-refractivity contribution in [3.63, 3.8) is 0 Å². The third kappa shape index (κ3) is 3.51. The van der Waals surface area contributed by atoms with Crippen LogP contribution in [0.15, 0.2) is 30.3 Å². The van der Waals surface area contributed by atoms with Crippen LogP contribution in [0.25, 0.3) is 0 Å². The summed E-state index contributed by atoms with van der Waals surface area (Å²) in [5.41, 5.74) is 3.95. The summed E-state index contributed by atoms with van der Waals surface area (Å²) < 4.78 is 0. The first-order valence-electron chi connectivity index (χ1n) is 6.73. The second kappa shape index (κ2) is 6.26. The molecule has 1 amide bonds. The second-order valence-electron chi connectivity index (χ2n) is 4.88. The van der Waals surface area contributed by atoms with Crippen LogP contribution in [0.1, 0.15) is 27.3 Å². The summed E-state index contributed by atoms with van der Waals surface area (Å²) >= 11 is 0. The van der Waals surface area contributed by atoms with E-state index < -0.39 is 0 Å². The summed E-state index contributed by atoms with van der Waals surface area (Å²) in [6, 6.07) is 8.85. The molecule has 21 heavy (non-hydrogen) atoms. The maximum atomic E-state index is 11.6. The normalized spacial score (nSPS) is 10.2. The summed E-state index contributed by atoms with van der Waals surface area (Å²) in [7, 11) is 1.61. The molecule has 0 radical (unpaired) electrons. The van der Waals surface area contributed by atoms with Crippen LogP contribution < -0.4 is 10.6 Å². The van der Waals surface area contributed by atoms with Gasteiger partial charge in [0.1, 0.15) is 11.4 Å². The Hall–Kier alpha value is -2.56. The van der Waals surface area contributed by atoms with Gasteiger partial charge in [-0.1, -0.05) is 0 Å². The molecule has 3 N–H and O–H groups in total. The summed E-state index contributed by atoms with van der Waals surface area (Å²) in [6.45, 7) is 4.23. The van der Waals surface area contributed by atoms with Gasteiger partial charge in [0.05, 0.1) is 6.54 Å². The van der Waals surface area contributed by atoms with Crippen molar-refractivity contribution >= 4 is 11.6 Å². The lowest BCUT2D eigenvalue weighted by Gasteiger charge is -2.11. The van der Waals surface area contributed by atoms with Crippen molar-refractivity contribution < 1.29 is 9.90 Å². The Morgan fingerprint density at radius 2 is 2.00 bits per heavy atom. The lowest BCUT2D eigenvalue weighted by atomic mass is 10.1. The van der Waals surface area contributed by atoms with E-state index >= 15 is 0 Å². The van der Waals surface area contributed by atoms with Crippen molar-refractivity contribution in [2.24, 2.45) is 0 Å². The van der Waals surface area contributed by atoms with Crippen LogP contribution in [0.4, 0.5) is 5.69 Å². The number of rotatable bonds is 4. The van der Waals surface area contributed by atoms with Crippen molar-refractivity contribution in [1.82, 2.24) is 10.3 Å². The van der Waals surface area contributed by atoms with Crippen molar-refractivity contribution in [3.05, 3.63) is 52.8 Å². The molecule has 0 aliphatic heterocycles. The number of pyridine rings is 1. The molecule has 5 nitrogen and oxygen atoms in total. The van der Waals surface area contributed by atoms with Gasteiger partial charge in [-0.25, -0.2) is 0 Å². The van der Waals surface area contributed by atoms with E-state index in [0.29, 0.717) is 17.8 Å². The number of hydrogen-bond donors (Lipinski definition) is 3. The van der Waals surface area contributed by atoms with E-state index in [2.05, 4.69) is 15.6 Å². The number of nitrogens with one attached hydrogen (secondary N) is 2. The molecule has 0 aliphatic carbocycles. The standard InChI is InChI=1S/C16H19N3O2/c1-10-8-12(16(21)17-3)5-6-13(10)18-9-14-15(20)7-4-11(2)19-14/h4-8,18,20H,9H2,1-3H3,(H,17,21). The minimum absolute atomic E-state index is 0.109. The van der Waals surface area contributed by atoms with E-state index in [1.54, 1.807) is 25.2 Å². The van der Waals surface area contributed by atoms with Gasteiger partial charge in [0, 0.05) is 24.0 Å². The Balaban J connectivity index is 2.13. The van der Waals surface area contributed by atoms with Crippen molar-refractivity contribution in [2.75, 3.05) is 12.4 Å². The van der Waals surface area contributed by atoms with Crippen LogP contribution in [0.3, 0.4) is 0 Å². The summed E-state index contributed by atoms with van der Waals surface area (Å²) in [4.78, 5) is 15.9. The van der Waals surface area contributed by atoms with Crippen LogP contribution in [-0.2, 0) is 6.54 Å². The summed E-state index contributed by atoms with van der Waals surface area (Å²) in [6.07, 6.45) is 0. The van der Waals surface area contributed by atoms with Gasteiger partial charge in [-0.15, -0.1) is 0 Å². The van der Waals surface area contributed by atoms with Crippen LogP contribution in [-0.4, -0.2) is 23.0 Å². The highest BCUT2D eigenvalue weighted by molar-refractivity contribution is 5.94. The molecule has 0 saturated carbocycles. The van der Waals surface area contributed by atoms with E-state index in [-0.39, 0.29) is 11.7 Å². The van der Waals surface area contributed by atoms with Crippen LogP contribution in [0.2, 0.25) is 0 Å². The SMILES string of the molecule is CNC(=O)c1ccc(NCc2nc(C)ccc2O)c(C)c1. The number of hydrogen-bond acceptors (Lipinski definition) is 4. The van der Waals surface area contributed by atoms with Crippen molar-refractivity contribution in [3.8, 4) is 5.75 Å². The van der Waals surface area contributed by atoms with Crippen molar-refractivity contribution in [2.45, 2.75) is 20.4 Å². The predicted molar refractivity (Wildman–Crippen MR) is 82.5 cm³/mol. The number of aryl methyl sites for hydroxylation is 2. The lowest BCUT2D eigenvalue weighted by molar-refractivity contribution is 0.0963. The number of aromatic nitrogens is 1. The number of benzene rings is 1. The zero-order valence-corrected chi connectivity index (χ0v) is 12.4. The Labute approximate surface area is 124 Å². The highest BCUT2D eigenvalue weighted by atomic mass is 16.3. The van der Waals surface area contributed by atoms with Gasteiger partial charge >= 0.3 is 0 Å². The maximum Gasteiger partial charge on any atom is 0.251 e. The van der Waals surface area contributed by atoms with Gasteiger partial charge in [-0.05, 0) is 49.7 Å². The Morgan fingerprint density at radius 1 is 1.24 bits per heavy atom. The highest BCUT2D eigenvalue weighted by Crippen LogP contribution is 2.20. The molecular formula is C16H19N3O2. The molecule has 0 spiro atoms. The minimum Gasteiger partial charge on any atom is -0.506 e. The molecular weight excluding hydrogens is 266 g/mol. The number of aromatic hydroxyl groups is 1. The minimum atomic E-state index is -0.109. The van der Waals surface area contributed by atoms with E-state index in [4.69, 9.17) is 0 Å². The second-order valence-corrected chi connectivity index (χ2v) is 4.88. The molecule has 110 valence electrons. The topological polar surface area (TPSA) is 74.2 Å². The Morgan fingerprint density at radius 3 is 2.67 bits per heavy atom. The molecule has 0 unspecified atom stereocenters. The zero-order valence-electron chi connectivity index (χ0n) is 12.4. The number of nitrogens with zero attached hydrogens (tertiary/aromatic N) is 1. The van der Waals surface area contributed by atoms with Gasteiger partial charge in [0.25, 0.3) is 5.91 Å². The van der Waals surface area contributed by atoms with Gasteiger partial charge in [-0.2, -0.15) is 0 Å².